The van der Waals surface area contributed by atoms with Crippen molar-refractivity contribution >= 4 is 115 Å². The van der Waals surface area contributed by atoms with E-state index in [2.05, 4.69) is 96.9 Å². The molecular formula is C99H114N24O13S. The van der Waals surface area contributed by atoms with Gasteiger partial charge in [-0.1, -0.05) is 10.3 Å². The summed E-state index contributed by atoms with van der Waals surface area (Å²) < 4.78 is 61.2. The number of methoxy groups -OCH3 is 10. The molecule has 16 aromatic rings. The van der Waals surface area contributed by atoms with Crippen molar-refractivity contribution in [2.75, 3.05) is 157 Å². The minimum absolute atomic E-state index is 0. The van der Waals surface area contributed by atoms with Crippen LogP contribution >= 0.6 is 13.5 Å². The molecule has 2 atom stereocenters. The van der Waals surface area contributed by atoms with Crippen LogP contribution in [0.25, 0.3) is 89.2 Å². The number of aryl methyl sites for hydroxylation is 4. The van der Waals surface area contributed by atoms with E-state index in [-0.39, 0.29) is 39.8 Å². The number of hydrogen-bond acceptors (Lipinski definition) is 33. The lowest BCUT2D eigenvalue weighted by atomic mass is 10.1. The third-order valence-electron chi connectivity index (χ3n) is 22.7. The second kappa shape index (κ2) is 47.0. The highest BCUT2D eigenvalue weighted by Crippen LogP contribution is 2.41. The van der Waals surface area contributed by atoms with Crippen molar-refractivity contribution < 1.29 is 62.9 Å². The Balaban J connectivity index is 0.000000154. The minimum Gasteiger partial charge on any atom is -0.497 e. The predicted molar refractivity (Wildman–Crippen MR) is 536 cm³/mol. The number of anilines is 8. The lowest BCUT2D eigenvalue weighted by Gasteiger charge is -2.30. The molecule has 9 heterocycles. The van der Waals surface area contributed by atoms with E-state index in [9.17, 15) is 15.5 Å². The average Bonchev–Trinajstić information content (AvgIpc) is 1.75. The number of rotatable bonds is 35. The van der Waals surface area contributed by atoms with Crippen LogP contribution in [0.2, 0.25) is 0 Å². The SMILES string of the molecule is CNC[C@H](O)CN(c1cc(OC)cc(OC)c1)c1ccc2ncc(-c3cnn(C)c3)nc2c1.COC/C(CN(c1cc(OC)cc(OC)c1)c1ccc2ncc(-c3cnn(C)c3)nc2c1)=N/O.COC/C(CN(c1cc(OC)cc(OC)c1)c1ccc2ncc(-c3cnn(C)c3)nc2c1)=N\O.COc1cc(OC)cc(N(CCN2CCC[C@@H]2C)c2ccc3ncc(-c4cnn(C)c4)nc3c2)c1.S. The van der Waals surface area contributed by atoms with Gasteiger partial charge in [-0.3, -0.25) is 43.6 Å². The molecule has 17 rings (SSSR count). The number of oxime groups is 2. The maximum absolute atomic E-state index is 10.6. The Bertz CT molecular complexity index is 6520. The maximum atomic E-state index is 10.6. The summed E-state index contributed by atoms with van der Waals surface area (Å²) in [4.78, 5) is 48.5. The molecule has 38 heteroatoms. The summed E-state index contributed by atoms with van der Waals surface area (Å²) in [5.41, 5.74) is 20.7. The number of nitrogens with zero attached hydrogens (tertiary/aromatic N) is 23. The fourth-order valence-electron chi connectivity index (χ4n) is 15.6. The lowest BCUT2D eigenvalue weighted by Crippen LogP contribution is -2.35. The summed E-state index contributed by atoms with van der Waals surface area (Å²) in [7, 11) is 25.4. The van der Waals surface area contributed by atoms with Crippen LogP contribution in [0.3, 0.4) is 0 Å². The van der Waals surface area contributed by atoms with Gasteiger partial charge in [-0.05, 0) is 106 Å². The van der Waals surface area contributed by atoms with Crippen molar-refractivity contribution in [3.63, 3.8) is 0 Å². The highest BCUT2D eigenvalue weighted by molar-refractivity contribution is 7.59. The summed E-state index contributed by atoms with van der Waals surface area (Å²) in [5.74, 6) is 5.38. The van der Waals surface area contributed by atoms with Gasteiger partial charge in [0, 0.05) is 233 Å². The van der Waals surface area contributed by atoms with Crippen molar-refractivity contribution in [1.82, 2.24) is 89.2 Å². The van der Waals surface area contributed by atoms with Crippen molar-refractivity contribution in [3.05, 3.63) is 220 Å². The first kappa shape index (κ1) is 99.1. The first-order valence-electron chi connectivity index (χ1n) is 43.6. The zero-order valence-electron chi connectivity index (χ0n) is 79.4. The third-order valence-corrected chi connectivity index (χ3v) is 22.7. The molecule has 1 aliphatic rings. The van der Waals surface area contributed by atoms with E-state index in [1.807, 2.05) is 190 Å². The lowest BCUT2D eigenvalue weighted by molar-refractivity contribution is 0.182. The molecule has 1 saturated heterocycles. The molecule has 0 unspecified atom stereocenters. The molecule has 0 aliphatic carbocycles. The molecule has 137 heavy (non-hydrogen) atoms. The highest BCUT2D eigenvalue weighted by atomic mass is 32.1. The number of hydrogen-bond donors (Lipinski definition) is 4. The van der Waals surface area contributed by atoms with E-state index in [4.69, 9.17) is 67.3 Å². The zero-order valence-corrected chi connectivity index (χ0v) is 80.4. The predicted octanol–water partition coefficient (Wildman–Crippen LogP) is 14.9. The van der Waals surface area contributed by atoms with E-state index in [1.165, 1.54) is 12.8 Å². The standard InChI is InChI=1S/C27H32N6O2.2C24H26N6O4.C24H28N6O3.H2S/c1-19-6-5-9-32(19)10-11-33(22-12-23(34-3)15-24(13-22)35-4)21-7-8-25-26(14-21)30-27(17-28-25)20-16-29-31(2)18-20;2*1-29-13-16(11-26-29)24-12-25-22-6-5-18(9-23(22)27-24)30(14-17(28-31)15-32-2)19-7-20(33-3)10-21(8-19)34-4;1-25-12-19(31)15-30(18-7-20(32-3)10-21(8-18)33-4)17-5-6-22-23(9-17)28-24(13-26-22)16-11-27-29(2)14-16;/h7-8,12-19H,5-6,9-11H2,1-4H3;2*5-13,31H,14-15H2,1-4H3;5-11,13-14,19,25,31H,12,15H2,1-4H3;1H2/b;28-17+;28-17-;;/t19-;;;19-;/m0..0./s1. The minimum atomic E-state index is -0.601. The smallest absolute Gasteiger partial charge is 0.124 e. The van der Waals surface area contributed by atoms with Crippen molar-refractivity contribution in [2.45, 2.75) is 31.9 Å². The molecule has 4 N–H and O–H groups in total. The topological polar surface area (TPSA) is 380 Å². The molecular weight excluding hydrogens is 1770 g/mol. The molecule has 714 valence electrons. The van der Waals surface area contributed by atoms with E-state index in [1.54, 1.807) is 145 Å². The number of aliphatic hydroxyl groups excluding tert-OH is 1. The molecule has 0 saturated carbocycles. The summed E-state index contributed by atoms with van der Waals surface area (Å²) in [6.07, 6.45) is 23.7. The van der Waals surface area contributed by atoms with Gasteiger partial charge in [0.05, 0.1) is 212 Å². The summed E-state index contributed by atoms with van der Waals surface area (Å²) in [5, 5.41) is 56.5. The normalized spacial score (nSPS) is 12.8. The molecule has 0 bridgehead atoms. The summed E-state index contributed by atoms with van der Waals surface area (Å²) >= 11 is 0. The van der Waals surface area contributed by atoms with Gasteiger partial charge in [0.15, 0.2) is 0 Å². The quantitative estimate of drug-likeness (QED) is 0.0163. The number of benzene rings is 8. The Morgan fingerprint density at radius 1 is 0.387 bits per heavy atom. The number of likely N-dealkylation sites (tertiary alicyclic amines) is 1. The molecule has 8 aromatic heterocycles. The number of ether oxygens (including phenoxy) is 10. The second-order valence-electron chi connectivity index (χ2n) is 32.0. The monoisotopic (exact) mass is 1880 g/mol. The molecule has 0 radical (unpaired) electrons. The largest absolute Gasteiger partial charge is 0.497 e. The van der Waals surface area contributed by atoms with Crippen molar-refractivity contribution in [1.29, 1.82) is 0 Å². The van der Waals surface area contributed by atoms with Gasteiger partial charge in [0.1, 0.15) is 57.4 Å². The van der Waals surface area contributed by atoms with E-state index in [0.29, 0.717) is 76.1 Å². The van der Waals surface area contributed by atoms with Crippen LogP contribution in [0, 0.1) is 0 Å². The van der Waals surface area contributed by atoms with Gasteiger partial charge < -0.3 is 87.8 Å². The Morgan fingerprint density at radius 2 is 0.672 bits per heavy atom. The number of likely N-dealkylation sites (N-methyl/N-ethyl adjacent to an activating group) is 1. The van der Waals surface area contributed by atoms with Crippen LogP contribution < -0.4 is 62.8 Å². The molecule has 8 aromatic carbocycles. The molecule has 1 fully saturated rings. The van der Waals surface area contributed by atoms with Crippen LogP contribution in [-0.2, 0) is 37.7 Å². The Hall–Kier alpha value is -15.4. The van der Waals surface area contributed by atoms with Crippen LogP contribution in [0.4, 0.5) is 45.5 Å². The van der Waals surface area contributed by atoms with Gasteiger partial charge in [0.25, 0.3) is 0 Å². The van der Waals surface area contributed by atoms with Crippen molar-refractivity contribution in [2.24, 2.45) is 38.5 Å². The Labute approximate surface area is 800 Å². The molecule has 37 nitrogen and oxygen atoms in total. The summed E-state index contributed by atoms with van der Waals surface area (Å²) in [6, 6.07) is 47.1. The van der Waals surface area contributed by atoms with Gasteiger partial charge in [-0.25, -0.2) is 19.9 Å². The fourth-order valence-corrected chi connectivity index (χ4v) is 15.6. The summed E-state index contributed by atoms with van der Waals surface area (Å²) in [6.45, 7) is 6.96. The van der Waals surface area contributed by atoms with Gasteiger partial charge in [0.2, 0.25) is 0 Å². The third kappa shape index (κ3) is 25.0. The van der Waals surface area contributed by atoms with Crippen LogP contribution in [0.15, 0.2) is 230 Å². The molecule has 0 spiro atoms. The average molecular weight is 1880 g/mol. The Kier molecular flexibility index (Phi) is 34.0. The van der Waals surface area contributed by atoms with E-state index >= 15 is 0 Å². The van der Waals surface area contributed by atoms with Gasteiger partial charge in [-0.15, -0.1) is 0 Å². The van der Waals surface area contributed by atoms with Gasteiger partial charge >= 0.3 is 0 Å². The van der Waals surface area contributed by atoms with E-state index in [0.717, 1.165) is 155 Å². The number of fused-ring (bicyclic) bond motifs is 4. The first-order chi connectivity index (χ1) is 66.1. The maximum Gasteiger partial charge on any atom is 0.124 e. The van der Waals surface area contributed by atoms with Gasteiger partial charge in [-0.2, -0.15) is 33.9 Å². The number of aromatic nitrogens is 16. The Morgan fingerprint density at radius 3 is 0.927 bits per heavy atom. The van der Waals surface area contributed by atoms with Crippen LogP contribution in [-0.4, -0.2) is 260 Å². The second-order valence-corrected chi connectivity index (χ2v) is 32.0. The number of aliphatic hydroxyl groups is 1. The van der Waals surface area contributed by atoms with Crippen LogP contribution in [0.5, 0.6) is 46.0 Å². The van der Waals surface area contributed by atoms with Crippen LogP contribution in [0.1, 0.15) is 19.8 Å². The van der Waals surface area contributed by atoms with Crippen molar-refractivity contribution in [3.8, 4) is 91.0 Å². The van der Waals surface area contributed by atoms with E-state index < -0.39 is 6.10 Å². The number of nitrogens with one attached hydrogen (secondary N) is 1. The molecule has 1 aliphatic heterocycles. The zero-order chi connectivity index (χ0) is 95.9. The highest BCUT2D eigenvalue weighted by Gasteiger charge is 2.26. The fraction of sp³-hybridized carbons (Fsp3) is 0.293. The first-order valence-corrected chi connectivity index (χ1v) is 43.6. The molecule has 0 amide bonds.